The summed E-state index contributed by atoms with van der Waals surface area (Å²) < 4.78 is 1.76. The lowest BCUT2D eigenvalue weighted by atomic mass is 10.2. The van der Waals surface area contributed by atoms with E-state index in [0.717, 1.165) is 0 Å². The first-order valence-corrected chi connectivity index (χ1v) is 7.52. The molecule has 2 amide bonds. The van der Waals surface area contributed by atoms with Crippen LogP contribution in [0.2, 0.25) is 0 Å². The van der Waals surface area contributed by atoms with Crippen molar-refractivity contribution in [1.29, 1.82) is 0 Å². The number of aryl methyl sites for hydroxylation is 1. The maximum Gasteiger partial charge on any atom is 0.313 e. The predicted octanol–water partition coefficient (Wildman–Crippen LogP) is 1.11. The zero-order valence-electron chi connectivity index (χ0n) is 13.5. The van der Waals surface area contributed by atoms with E-state index in [-0.39, 0.29) is 24.3 Å². The SMILES string of the molecule is Cn1cccc1C(O)CCNC(=O)C(=O)Nc1ccccc1[N+](=O)[O-]. The van der Waals surface area contributed by atoms with E-state index >= 15 is 0 Å². The Kier molecular flexibility index (Phi) is 5.85. The van der Waals surface area contributed by atoms with Crippen LogP contribution in [0.15, 0.2) is 42.6 Å². The predicted molar refractivity (Wildman–Crippen MR) is 89.7 cm³/mol. The van der Waals surface area contributed by atoms with E-state index in [4.69, 9.17) is 0 Å². The summed E-state index contributed by atoms with van der Waals surface area (Å²) >= 11 is 0. The molecule has 0 saturated heterocycles. The van der Waals surface area contributed by atoms with Crippen LogP contribution in [0.4, 0.5) is 11.4 Å². The molecule has 3 N–H and O–H groups in total. The standard InChI is InChI=1S/C16H18N4O5/c1-19-10-4-7-13(19)14(21)8-9-17-15(22)16(23)18-11-5-2-3-6-12(11)20(24)25/h2-7,10,14,21H,8-9H2,1H3,(H,17,22)(H,18,23). The van der Waals surface area contributed by atoms with Crippen LogP contribution in [0.25, 0.3) is 0 Å². The van der Waals surface area contributed by atoms with E-state index in [0.29, 0.717) is 5.69 Å². The van der Waals surface area contributed by atoms with Gasteiger partial charge in [-0.2, -0.15) is 0 Å². The van der Waals surface area contributed by atoms with Gasteiger partial charge in [-0.15, -0.1) is 0 Å². The van der Waals surface area contributed by atoms with Crippen LogP contribution >= 0.6 is 0 Å². The summed E-state index contributed by atoms with van der Waals surface area (Å²) in [5.74, 6) is -1.94. The minimum atomic E-state index is -1.01. The number of benzene rings is 1. The first-order chi connectivity index (χ1) is 11.9. The normalized spacial score (nSPS) is 11.6. The Morgan fingerprint density at radius 2 is 1.96 bits per heavy atom. The Hall–Kier alpha value is -3.20. The van der Waals surface area contributed by atoms with E-state index < -0.39 is 22.8 Å². The maximum absolute atomic E-state index is 11.8. The van der Waals surface area contributed by atoms with E-state index in [1.807, 2.05) is 0 Å². The third-order valence-electron chi connectivity index (χ3n) is 3.58. The van der Waals surface area contributed by atoms with Crippen molar-refractivity contribution in [2.24, 2.45) is 7.05 Å². The fourth-order valence-corrected chi connectivity index (χ4v) is 2.29. The highest BCUT2D eigenvalue weighted by atomic mass is 16.6. The first-order valence-electron chi connectivity index (χ1n) is 7.52. The number of nitro benzene ring substituents is 1. The summed E-state index contributed by atoms with van der Waals surface area (Å²) in [7, 11) is 1.79. The second-order valence-electron chi connectivity index (χ2n) is 5.33. The molecule has 0 spiro atoms. The van der Waals surface area contributed by atoms with Gasteiger partial charge in [0, 0.05) is 31.5 Å². The minimum absolute atomic E-state index is 0.0588. The highest BCUT2D eigenvalue weighted by molar-refractivity contribution is 6.39. The number of carbonyl (C=O) groups is 2. The van der Waals surface area contributed by atoms with E-state index in [9.17, 15) is 24.8 Å². The molecule has 9 heteroatoms. The van der Waals surface area contributed by atoms with Crippen LogP contribution in [0, 0.1) is 10.1 Å². The Morgan fingerprint density at radius 3 is 2.60 bits per heavy atom. The number of aliphatic hydroxyl groups excluding tert-OH is 1. The topological polar surface area (TPSA) is 126 Å². The fraction of sp³-hybridized carbons (Fsp3) is 0.250. The molecule has 9 nitrogen and oxygen atoms in total. The largest absolute Gasteiger partial charge is 0.387 e. The molecule has 0 saturated carbocycles. The van der Waals surface area contributed by atoms with Gasteiger partial charge in [-0.05, 0) is 24.6 Å². The molecule has 0 radical (unpaired) electrons. The third kappa shape index (κ3) is 4.64. The first kappa shape index (κ1) is 18.1. The van der Waals surface area contributed by atoms with E-state index in [2.05, 4.69) is 10.6 Å². The van der Waals surface area contributed by atoms with Gasteiger partial charge < -0.3 is 20.3 Å². The van der Waals surface area contributed by atoms with Crippen LogP contribution in [0.3, 0.4) is 0 Å². The van der Waals surface area contributed by atoms with Crippen molar-refractivity contribution in [3.63, 3.8) is 0 Å². The lowest BCUT2D eigenvalue weighted by Gasteiger charge is -2.12. The molecule has 0 bridgehead atoms. The number of nitrogens with one attached hydrogen (secondary N) is 2. The molecule has 1 unspecified atom stereocenters. The Labute approximate surface area is 143 Å². The van der Waals surface area contributed by atoms with Crippen molar-refractivity contribution in [2.75, 3.05) is 11.9 Å². The van der Waals surface area contributed by atoms with Gasteiger partial charge in [0.1, 0.15) is 5.69 Å². The average Bonchev–Trinajstić information content (AvgIpc) is 3.01. The number of carbonyl (C=O) groups excluding carboxylic acids is 2. The summed E-state index contributed by atoms with van der Waals surface area (Å²) in [6.07, 6.45) is 1.23. The number of hydrogen-bond acceptors (Lipinski definition) is 5. The number of amides is 2. The lowest BCUT2D eigenvalue weighted by molar-refractivity contribution is -0.383. The number of hydrogen-bond donors (Lipinski definition) is 3. The number of anilines is 1. The summed E-state index contributed by atoms with van der Waals surface area (Å²) in [4.78, 5) is 33.9. The van der Waals surface area contributed by atoms with Gasteiger partial charge in [0.2, 0.25) is 0 Å². The number of rotatable bonds is 6. The Balaban J connectivity index is 1.86. The summed E-state index contributed by atoms with van der Waals surface area (Å²) in [6.45, 7) is 0.0789. The number of para-hydroxylation sites is 2. The quantitative estimate of drug-likeness (QED) is 0.410. The molecule has 25 heavy (non-hydrogen) atoms. The molecule has 1 heterocycles. The molecule has 1 aromatic heterocycles. The fourth-order valence-electron chi connectivity index (χ4n) is 2.29. The molecular weight excluding hydrogens is 328 g/mol. The van der Waals surface area contributed by atoms with Gasteiger partial charge in [-0.1, -0.05) is 12.1 Å². The molecule has 0 aliphatic heterocycles. The van der Waals surface area contributed by atoms with Crippen LogP contribution in [-0.2, 0) is 16.6 Å². The van der Waals surface area contributed by atoms with Gasteiger partial charge in [0.15, 0.2) is 0 Å². The molecule has 132 valence electrons. The van der Waals surface area contributed by atoms with Gasteiger partial charge in [-0.25, -0.2) is 0 Å². The highest BCUT2D eigenvalue weighted by Gasteiger charge is 2.19. The van der Waals surface area contributed by atoms with Crippen LogP contribution in [-0.4, -0.2) is 33.0 Å². The smallest absolute Gasteiger partial charge is 0.313 e. The number of aliphatic hydroxyl groups is 1. The van der Waals surface area contributed by atoms with Crippen molar-refractivity contribution >= 4 is 23.2 Å². The molecule has 0 aliphatic rings. The zero-order valence-corrected chi connectivity index (χ0v) is 13.5. The molecule has 0 fully saturated rings. The van der Waals surface area contributed by atoms with Crippen molar-refractivity contribution in [1.82, 2.24) is 9.88 Å². The van der Waals surface area contributed by atoms with Crippen LogP contribution in [0.1, 0.15) is 18.2 Å². The van der Waals surface area contributed by atoms with E-state index in [1.165, 1.54) is 24.3 Å². The molecule has 1 atom stereocenters. The second-order valence-corrected chi connectivity index (χ2v) is 5.33. The Morgan fingerprint density at radius 1 is 1.24 bits per heavy atom. The average molecular weight is 346 g/mol. The van der Waals surface area contributed by atoms with Crippen molar-refractivity contribution < 1.29 is 19.6 Å². The van der Waals surface area contributed by atoms with Crippen molar-refractivity contribution in [2.45, 2.75) is 12.5 Å². The van der Waals surface area contributed by atoms with Gasteiger partial charge >= 0.3 is 11.8 Å². The Bertz CT molecular complexity index is 786. The molecular formula is C16H18N4O5. The molecule has 2 aromatic rings. The highest BCUT2D eigenvalue weighted by Crippen LogP contribution is 2.22. The summed E-state index contributed by atoms with van der Waals surface area (Å²) in [5.41, 5.74) is 0.331. The lowest BCUT2D eigenvalue weighted by Crippen LogP contribution is -2.36. The number of aromatic nitrogens is 1. The molecule has 0 aliphatic carbocycles. The maximum atomic E-state index is 11.8. The second kappa shape index (κ2) is 8.06. The number of nitrogens with zero attached hydrogens (tertiary/aromatic N) is 2. The molecule has 2 rings (SSSR count). The molecule has 1 aromatic carbocycles. The third-order valence-corrected chi connectivity index (χ3v) is 3.58. The van der Waals surface area contributed by atoms with Crippen molar-refractivity contribution in [3.05, 3.63) is 58.4 Å². The van der Waals surface area contributed by atoms with Crippen molar-refractivity contribution in [3.8, 4) is 0 Å². The zero-order chi connectivity index (χ0) is 18.4. The monoisotopic (exact) mass is 346 g/mol. The minimum Gasteiger partial charge on any atom is -0.387 e. The van der Waals surface area contributed by atoms with E-state index in [1.54, 1.807) is 29.9 Å². The number of nitro groups is 1. The van der Waals surface area contributed by atoms with Gasteiger partial charge in [-0.3, -0.25) is 19.7 Å². The summed E-state index contributed by atoms with van der Waals surface area (Å²) in [5, 5.41) is 25.5. The van der Waals surface area contributed by atoms with Gasteiger partial charge in [0.25, 0.3) is 5.69 Å². The van der Waals surface area contributed by atoms with Crippen LogP contribution in [0.5, 0.6) is 0 Å². The summed E-state index contributed by atoms with van der Waals surface area (Å²) in [6, 6.07) is 9.08. The van der Waals surface area contributed by atoms with Gasteiger partial charge in [0.05, 0.1) is 11.0 Å². The van der Waals surface area contributed by atoms with Crippen LogP contribution < -0.4 is 10.6 Å².